The number of hydrogen-bond acceptors (Lipinski definition) is 8. The molecule has 0 bridgehead atoms. The first-order valence-electron chi connectivity index (χ1n) is 12.9. The molecule has 3 aromatic rings. The van der Waals surface area contributed by atoms with E-state index < -0.39 is 21.6 Å². The first-order chi connectivity index (χ1) is 17.9. The number of anilines is 3. The van der Waals surface area contributed by atoms with Gasteiger partial charge in [-0.1, -0.05) is 26.0 Å². The van der Waals surface area contributed by atoms with E-state index in [-0.39, 0.29) is 24.5 Å². The summed E-state index contributed by atoms with van der Waals surface area (Å²) < 4.78 is 38.1. The van der Waals surface area contributed by atoms with Crippen LogP contribution in [0.4, 0.5) is 21.7 Å². The SMILES string of the molecule is CC(C)c1ccc(N2CC(CS(C)(=O)=O)C2)c2cnc(Nc3ccnc(C4=CC[C@@H](O)[C@@](C)(F)C4)n3)cc12. The number of nitrogens with one attached hydrogen (secondary N) is 1. The topological polar surface area (TPSA) is 108 Å². The molecule has 2 aliphatic rings. The summed E-state index contributed by atoms with van der Waals surface area (Å²) in [7, 11) is -3.00. The quantitative estimate of drug-likeness (QED) is 0.447. The predicted molar refractivity (Wildman–Crippen MR) is 149 cm³/mol. The smallest absolute Gasteiger partial charge is 0.157 e. The molecule has 2 N–H and O–H groups in total. The summed E-state index contributed by atoms with van der Waals surface area (Å²) in [6, 6.07) is 7.99. The minimum Gasteiger partial charge on any atom is -0.389 e. The number of benzene rings is 1. The van der Waals surface area contributed by atoms with Gasteiger partial charge in [0.15, 0.2) is 5.82 Å². The van der Waals surface area contributed by atoms with E-state index >= 15 is 0 Å². The highest BCUT2D eigenvalue weighted by Gasteiger charge is 2.37. The number of alkyl halides is 1. The van der Waals surface area contributed by atoms with Crippen LogP contribution in [0.15, 0.2) is 42.7 Å². The van der Waals surface area contributed by atoms with Crippen molar-refractivity contribution in [1.82, 2.24) is 15.0 Å². The Balaban J connectivity index is 1.41. The van der Waals surface area contributed by atoms with Gasteiger partial charge in [-0.3, -0.25) is 0 Å². The third-order valence-electron chi connectivity index (χ3n) is 7.39. The van der Waals surface area contributed by atoms with Crippen molar-refractivity contribution in [1.29, 1.82) is 0 Å². The molecule has 1 saturated heterocycles. The average Bonchev–Trinajstić information content (AvgIpc) is 2.81. The summed E-state index contributed by atoms with van der Waals surface area (Å²) in [6.07, 6.45) is 5.81. The highest BCUT2D eigenvalue weighted by atomic mass is 32.2. The Labute approximate surface area is 222 Å². The molecule has 38 heavy (non-hydrogen) atoms. The van der Waals surface area contributed by atoms with Gasteiger partial charge in [0.2, 0.25) is 0 Å². The van der Waals surface area contributed by atoms with E-state index in [0.717, 1.165) is 16.5 Å². The Hall–Kier alpha value is -3.11. The molecule has 1 aromatic carbocycles. The van der Waals surface area contributed by atoms with Crippen molar-refractivity contribution >= 4 is 43.5 Å². The Bertz CT molecular complexity index is 1500. The lowest BCUT2D eigenvalue weighted by Crippen LogP contribution is -2.49. The Morgan fingerprint density at radius 1 is 1.18 bits per heavy atom. The van der Waals surface area contributed by atoms with Gasteiger partial charge in [0.1, 0.15) is 27.1 Å². The third-order valence-corrected chi connectivity index (χ3v) is 8.46. The summed E-state index contributed by atoms with van der Waals surface area (Å²) in [5.74, 6) is 2.25. The van der Waals surface area contributed by atoms with E-state index in [1.54, 1.807) is 18.3 Å². The molecular weight excluding hydrogens is 505 g/mol. The minimum absolute atomic E-state index is 0.0495. The Kier molecular flexibility index (Phi) is 6.89. The van der Waals surface area contributed by atoms with Crippen LogP contribution in [-0.2, 0) is 9.84 Å². The lowest BCUT2D eigenvalue weighted by atomic mass is 9.85. The summed E-state index contributed by atoms with van der Waals surface area (Å²) in [6.45, 7) is 7.11. The maximum atomic E-state index is 14.7. The minimum atomic E-state index is -3.00. The molecular formula is C28H34FN5O3S. The van der Waals surface area contributed by atoms with Crippen LogP contribution in [0.1, 0.15) is 50.9 Å². The maximum Gasteiger partial charge on any atom is 0.157 e. The molecule has 2 atom stereocenters. The van der Waals surface area contributed by atoms with Crippen molar-refractivity contribution in [3.05, 3.63) is 54.1 Å². The molecule has 0 amide bonds. The molecule has 1 aliphatic heterocycles. The van der Waals surface area contributed by atoms with Crippen LogP contribution >= 0.6 is 0 Å². The van der Waals surface area contributed by atoms with Gasteiger partial charge in [-0.25, -0.2) is 27.8 Å². The summed E-state index contributed by atoms with van der Waals surface area (Å²) in [4.78, 5) is 15.8. The van der Waals surface area contributed by atoms with Crippen molar-refractivity contribution in [2.24, 2.45) is 5.92 Å². The van der Waals surface area contributed by atoms with Crippen molar-refractivity contribution < 1.29 is 17.9 Å². The predicted octanol–water partition coefficient (Wildman–Crippen LogP) is 4.64. The van der Waals surface area contributed by atoms with Gasteiger partial charge < -0.3 is 15.3 Å². The van der Waals surface area contributed by atoms with E-state index in [1.807, 2.05) is 12.3 Å². The molecule has 10 heteroatoms. The van der Waals surface area contributed by atoms with Crippen LogP contribution in [0.2, 0.25) is 0 Å². The number of sulfone groups is 1. The fourth-order valence-corrected chi connectivity index (χ4v) is 6.41. The standard InChI is InChI=1S/C28H34FN5O3S/c1-17(2)20-6-7-23(34-14-18(15-34)16-38(4,36)37)22-13-31-26(11-21(20)22)32-25-9-10-30-27(33-25)19-5-8-24(35)28(3,29)12-19/h5-7,9-11,13,17-18,24,35H,8,12,14-16H2,1-4H3,(H,30,31,32,33)/t24-,28+/m1/s1. The highest BCUT2D eigenvalue weighted by molar-refractivity contribution is 7.90. The fourth-order valence-electron chi connectivity index (χ4n) is 5.34. The van der Waals surface area contributed by atoms with E-state index in [0.29, 0.717) is 42.0 Å². The van der Waals surface area contributed by atoms with Crippen molar-refractivity contribution in [2.45, 2.75) is 51.3 Å². The van der Waals surface area contributed by atoms with Gasteiger partial charge in [0.25, 0.3) is 0 Å². The van der Waals surface area contributed by atoms with E-state index in [2.05, 4.69) is 51.1 Å². The van der Waals surface area contributed by atoms with Crippen molar-refractivity contribution in [2.75, 3.05) is 35.3 Å². The average molecular weight is 540 g/mol. The zero-order valence-corrected chi connectivity index (χ0v) is 23.0. The van der Waals surface area contributed by atoms with E-state index in [9.17, 15) is 17.9 Å². The monoisotopic (exact) mass is 539 g/mol. The van der Waals surface area contributed by atoms with E-state index in [1.165, 1.54) is 18.7 Å². The Morgan fingerprint density at radius 2 is 1.95 bits per heavy atom. The molecule has 202 valence electrons. The van der Waals surface area contributed by atoms with Gasteiger partial charge in [0, 0.05) is 55.2 Å². The molecule has 1 aliphatic carbocycles. The zero-order valence-electron chi connectivity index (χ0n) is 22.1. The lowest BCUT2D eigenvalue weighted by Gasteiger charge is -2.41. The molecule has 3 heterocycles. The number of pyridine rings is 1. The van der Waals surface area contributed by atoms with Gasteiger partial charge in [-0.15, -0.1) is 0 Å². The highest BCUT2D eigenvalue weighted by Crippen LogP contribution is 2.38. The number of fused-ring (bicyclic) bond motifs is 1. The normalized spacial score (nSPS) is 22.4. The lowest BCUT2D eigenvalue weighted by molar-refractivity contribution is 0.00561. The number of halogens is 1. The second-order valence-corrected chi connectivity index (χ2v) is 13.3. The maximum absolute atomic E-state index is 14.7. The number of allylic oxidation sites excluding steroid dienone is 1. The summed E-state index contributed by atoms with van der Waals surface area (Å²) in [5.41, 5.74) is 1.20. The fraction of sp³-hybridized carbons (Fsp3) is 0.464. The van der Waals surface area contributed by atoms with Gasteiger partial charge in [-0.05, 0) is 54.0 Å². The van der Waals surface area contributed by atoms with Gasteiger partial charge in [-0.2, -0.15) is 0 Å². The number of nitrogens with zero attached hydrogens (tertiary/aromatic N) is 4. The van der Waals surface area contributed by atoms with Crippen LogP contribution in [0.3, 0.4) is 0 Å². The molecule has 0 spiro atoms. The second kappa shape index (κ2) is 9.89. The molecule has 1 fully saturated rings. The van der Waals surface area contributed by atoms with Crippen molar-refractivity contribution in [3.63, 3.8) is 0 Å². The summed E-state index contributed by atoms with van der Waals surface area (Å²) >= 11 is 0. The molecule has 8 nitrogen and oxygen atoms in total. The molecule has 0 unspecified atom stereocenters. The number of hydrogen-bond donors (Lipinski definition) is 2. The van der Waals surface area contributed by atoms with Crippen molar-refractivity contribution in [3.8, 4) is 0 Å². The number of aliphatic hydroxyl groups excluding tert-OH is 1. The second-order valence-electron chi connectivity index (χ2n) is 11.1. The summed E-state index contributed by atoms with van der Waals surface area (Å²) in [5, 5.41) is 15.3. The first-order valence-corrected chi connectivity index (χ1v) is 15.0. The largest absolute Gasteiger partial charge is 0.389 e. The zero-order chi connectivity index (χ0) is 27.2. The molecule has 5 rings (SSSR count). The Morgan fingerprint density at radius 3 is 2.63 bits per heavy atom. The molecule has 0 radical (unpaired) electrons. The number of aromatic nitrogens is 3. The van der Waals surface area contributed by atoms with Crippen LogP contribution in [0, 0.1) is 5.92 Å². The van der Waals surface area contributed by atoms with Gasteiger partial charge in [0.05, 0.1) is 11.9 Å². The van der Waals surface area contributed by atoms with E-state index in [4.69, 9.17) is 0 Å². The van der Waals surface area contributed by atoms with Gasteiger partial charge >= 0.3 is 0 Å². The van der Waals surface area contributed by atoms with Crippen LogP contribution in [0.5, 0.6) is 0 Å². The van der Waals surface area contributed by atoms with Crippen LogP contribution in [0.25, 0.3) is 16.3 Å². The third kappa shape index (κ3) is 5.51. The molecule has 2 aromatic heterocycles. The molecule has 0 saturated carbocycles. The number of rotatable bonds is 7. The van der Waals surface area contributed by atoms with Crippen LogP contribution in [-0.4, -0.2) is 65.3 Å². The first kappa shape index (κ1) is 26.5. The van der Waals surface area contributed by atoms with Crippen LogP contribution < -0.4 is 10.2 Å². The number of aliphatic hydroxyl groups is 1.